The summed E-state index contributed by atoms with van der Waals surface area (Å²) in [6.45, 7) is 6.43. The lowest BCUT2D eigenvalue weighted by Gasteiger charge is -2.29. The van der Waals surface area contributed by atoms with Gasteiger partial charge in [-0.2, -0.15) is 0 Å². The molecule has 1 saturated carbocycles. The fourth-order valence-electron chi connectivity index (χ4n) is 2.54. The van der Waals surface area contributed by atoms with Crippen LogP contribution in [0, 0.1) is 11.8 Å². The van der Waals surface area contributed by atoms with Crippen LogP contribution in [-0.4, -0.2) is 18.0 Å². The van der Waals surface area contributed by atoms with Crippen molar-refractivity contribution in [2.45, 2.75) is 71.4 Å². The molecule has 0 aromatic heterocycles. The second-order valence-electron chi connectivity index (χ2n) is 5.65. The monoisotopic (exact) mass is 240 g/mol. The molecular weight excluding hydrogens is 212 g/mol. The minimum Gasteiger partial charge on any atom is -0.353 e. The lowest BCUT2D eigenvalue weighted by atomic mass is 9.83. The summed E-state index contributed by atoms with van der Waals surface area (Å²) in [6, 6.07) is 0.501. The Kier molecular flexibility index (Phi) is 5.96. The molecule has 1 aliphatic rings. The fourth-order valence-corrected chi connectivity index (χ4v) is 2.54. The number of carbonyl (C=O) groups is 1. The molecule has 0 spiro atoms. The Balaban J connectivity index is 2.33. The third-order valence-electron chi connectivity index (χ3n) is 4.30. The Bertz CT molecular complexity index is 242. The Morgan fingerprint density at radius 2 is 2.00 bits per heavy atom. The first-order chi connectivity index (χ1) is 8.04. The molecule has 0 radical (unpaired) electrons. The van der Waals surface area contributed by atoms with Crippen molar-refractivity contribution in [2.24, 2.45) is 17.6 Å². The first-order valence-corrected chi connectivity index (χ1v) is 7.09. The Labute approximate surface area is 106 Å². The van der Waals surface area contributed by atoms with E-state index in [2.05, 4.69) is 26.1 Å². The minimum atomic E-state index is 0.181. The number of amides is 1. The van der Waals surface area contributed by atoms with Gasteiger partial charge in [0.05, 0.1) is 0 Å². The van der Waals surface area contributed by atoms with Gasteiger partial charge in [0.15, 0.2) is 0 Å². The average molecular weight is 240 g/mol. The van der Waals surface area contributed by atoms with Crippen molar-refractivity contribution in [3.05, 3.63) is 0 Å². The molecule has 3 nitrogen and oxygen atoms in total. The average Bonchev–Trinajstić information content (AvgIpc) is 2.31. The maximum atomic E-state index is 11.9. The Morgan fingerprint density at radius 1 is 1.35 bits per heavy atom. The van der Waals surface area contributed by atoms with Gasteiger partial charge in [0, 0.05) is 18.5 Å². The second-order valence-corrected chi connectivity index (χ2v) is 5.65. The van der Waals surface area contributed by atoms with Gasteiger partial charge < -0.3 is 11.1 Å². The summed E-state index contributed by atoms with van der Waals surface area (Å²) in [7, 11) is 0. The summed E-state index contributed by atoms with van der Waals surface area (Å²) in [4.78, 5) is 11.9. The fraction of sp³-hybridized carbons (Fsp3) is 0.929. The van der Waals surface area contributed by atoms with Crippen LogP contribution in [0.25, 0.3) is 0 Å². The van der Waals surface area contributed by atoms with Gasteiger partial charge in [-0.25, -0.2) is 0 Å². The molecule has 0 heterocycles. The largest absolute Gasteiger partial charge is 0.353 e. The van der Waals surface area contributed by atoms with Crippen LogP contribution in [0.15, 0.2) is 0 Å². The summed E-state index contributed by atoms with van der Waals surface area (Å²) >= 11 is 0. The van der Waals surface area contributed by atoms with Crippen LogP contribution in [-0.2, 0) is 4.79 Å². The van der Waals surface area contributed by atoms with Crippen LogP contribution >= 0.6 is 0 Å². The van der Waals surface area contributed by atoms with Crippen LogP contribution in [0.2, 0.25) is 0 Å². The zero-order valence-corrected chi connectivity index (χ0v) is 11.5. The summed E-state index contributed by atoms with van der Waals surface area (Å²) in [5, 5.41) is 3.10. The van der Waals surface area contributed by atoms with E-state index in [1.165, 1.54) is 12.8 Å². The quantitative estimate of drug-likeness (QED) is 0.775. The molecule has 1 amide bonds. The highest BCUT2D eigenvalue weighted by Crippen LogP contribution is 2.25. The van der Waals surface area contributed by atoms with Gasteiger partial charge in [0.1, 0.15) is 0 Å². The second kappa shape index (κ2) is 7.00. The van der Waals surface area contributed by atoms with E-state index in [1.807, 2.05) is 0 Å². The zero-order valence-electron chi connectivity index (χ0n) is 11.5. The zero-order chi connectivity index (χ0) is 12.8. The molecule has 3 N–H and O–H groups in total. The lowest BCUT2D eigenvalue weighted by molar-refractivity contribution is -0.123. The van der Waals surface area contributed by atoms with Crippen LogP contribution in [0.4, 0.5) is 0 Å². The Morgan fingerprint density at radius 3 is 2.59 bits per heavy atom. The first kappa shape index (κ1) is 14.5. The molecule has 0 aliphatic heterocycles. The SMILES string of the molecule is CCC(C)C(C)NC(=O)CC1CCCCC1N. The number of nitrogens with two attached hydrogens (primary N) is 1. The number of carbonyl (C=O) groups excluding carboxylic acids is 1. The van der Waals surface area contributed by atoms with Crippen LogP contribution < -0.4 is 11.1 Å². The highest BCUT2D eigenvalue weighted by atomic mass is 16.1. The standard InChI is InChI=1S/C14H28N2O/c1-4-10(2)11(3)16-14(17)9-12-7-5-6-8-13(12)15/h10-13H,4-9,15H2,1-3H3,(H,16,17). The highest BCUT2D eigenvalue weighted by molar-refractivity contribution is 5.76. The van der Waals surface area contributed by atoms with Gasteiger partial charge >= 0.3 is 0 Å². The number of nitrogens with one attached hydrogen (secondary N) is 1. The van der Waals surface area contributed by atoms with Crippen LogP contribution in [0.1, 0.15) is 59.3 Å². The number of hydrogen-bond acceptors (Lipinski definition) is 2. The molecule has 3 heteroatoms. The van der Waals surface area contributed by atoms with Crippen LogP contribution in [0.3, 0.4) is 0 Å². The molecule has 1 fully saturated rings. The molecule has 4 atom stereocenters. The van der Waals surface area contributed by atoms with Gasteiger partial charge in [0.2, 0.25) is 5.91 Å². The van der Waals surface area contributed by atoms with Crippen LogP contribution in [0.5, 0.6) is 0 Å². The van der Waals surface area contributed by atoms with Gasteiger partial charge in [-0.1, -0.05) is 33.1 Å². The van der Waals surface area contributed by atoms with Crippen molar-refractivity contribution in [1.82, 2.24) is 5.32 Å². The van der Waals surface area contributed by atoms with Crippen molar-refractivity contribution in [1.29, 1.82) is 0 Å². The summed E-state index contributed by atoms with van der Waals surface area (Å²) in [5.74, 6) is 1.12. The molecule has 0 saturated heterocycles. The van der Waals surface area contributed by atoms with E-state index in [-0.39, 0.29) is 18.0 Å². The molecule has 0 bridgehead atoms. The Hall–Kier alpha value is -0.570. The van der Waals surface area contributed by atoms with E-state index in [1.54, 1.807) is 0 Å². The third kappa shape index (κ3) is 4.66. The lowest BCUT2D eigenvalue weighted by Crippen LogP contribution is -2.41. The van der Waals surface area contributed by atoms with E-state index >= 15 is 0 Å². The number of rotatable bonds is 5. The summed E-state index contributed by atoms with van der Waals surface area (Å²) in [5.41, 5.74) is 6.06. The molecule has 0 aromatic carbocycles. The predicted molar refractivity (Wildman–Crippen MR) is 71.6 cm³/mol. The van der Waals surface area contributed by atoms with Gasteiger partial charge in [-0.3, -0.25) is 4.79 Å². The van der Waals surface area contributed by atoms with E-state index in [0.717, 1.165) is 19.3 Å². The van der Waals surface area contributed by atoms with Gasteiger partial charge in [-0.05, 0) is 31.6 Å². The van der Waals surface area contributed by atoms with Crippen molar-refractivity contribution in [3.63, 3.8) is 0 Å². The molecular formula is C14H28N2O. The van der Waals surface area contributed by atoms with E-state index < -0.39 is 0 Å². The molecule has 4 unspecified atom stereocenters. The molecule has 17 heavy (non-hydrogen) atoms. The maximum absolute atomic E-state index is 11.9. The summed E-state index contributed by atoms with van der Waals surface area (Å²) in [6.07, 6.45) is 6.37. The number of hydrogen-bond donors (Lipinski definition) is 2. The van der Waals surface area contributed by atoms with Gasteiger partial charge in [0.25, 0.3) is 0 Å². The van der Waals surface area contributed by atoms with Crippen molar-refractivity contribution in [2.75, 3.05) is 0 Å². The van der Waals surface area contributed by atoms with E-state index in [4.69, 9.17) is 5.73 Å². The summed E-state index contributed by atoms with van der Waals surface area (Å²) < 4.78 is 0. The molecule has 1 aliphatic carbocycles. The van der Waals surface area contributed by atoms with Crippen molar-refractivity contribution >= 4 is 5.91 Å². The van der Waals surface area contributed by atoms with Crippen molar-refractivity contribution in [3.8, 4) is 0 Å². The van der Waals surface area contributed by atoms with E-state index in [0.29, 0.717) is 18.3 Å². The van der Waals surface area contributed by atoms with Gasteiger partial charge in [-0.15, -0.1) is 0 Å². The minimum absolute atomic E-state index is 0.181. The maximum Gasteiger partial charge on any atom is 0.220 e. The highest BCUT2D eigenvalue weighted by Gasteiger charge is 2.24. The molecule has 0 aromatic rings. The topological polar surface area (TPSA) is 55.1 Å². The normalized spacial score (nSPS) is 28.5. The predicted octanol–water partition coefficient (Wildman–Crippen LogP) is 2.44. The molecule has 1 rings (SSSR count). The van der Waals surface area contributed by atoms with E-state index in [9.17, 15) is 4.79 Å². The van der Waals surface area contributed by atoms with Crippen molar-refractivity contribution < 1.29 is 4.79 Å². The third-order valence-corrected chi connectivity index (χ3v) is 4.30. The smallest absolute Gasteiger partial charge is 0.220 e. The first-order valence-electron chi connectivity index (χ1n) is 7.09. The molecule has 100 valence electrons.